The topological polar surface area (TPSA) is 105 Å². The lowest BCUT2D eigenvalue weighted by Gasteiger charge is -2.20. The highest BCUT2D eigenvalue weighted by atomic mass is 32.2. The Morgan fingerprint density at radius 2 is 1.91 bits per heavy atom. The van der Waals surface area contributed by atoms with Crippen molar-refractivity contribution in [3.8, 4) is 5.75 Å². The van der Waals surface area contributed by atoms with E-state index < -0.39 is 46.9 Å². The van der Waals surface area contributed by atoms with Gasteiger partial charge in [-0.2, -0.15) is 0 Å². The summed E-state index contributed by atoms with van der Waals surface area (Å²) in [5.74, 6) is 2.61. The molecule has 0 aliphatic heterocycles. The number of hydrogen-bond donors (Lipinski definition) is 3. The number of halogens is 3. The predicted octanol–water partition coefficient (Wildman–Crippen LogP) is 3.69. The summed E-state index contributed by atoms with van der Waals surface area (Å²) in [7, 11) is -2.50. The van der Waals surface area contributed by atoms with Gasteiger partial charge in [0.15, 0.2) is 6.10 Å². The molecule has 0 fully saturated rings. The van der Waals surface area contributed by atoms with E-state index >= 15 is 0 Å². The Balaban J connectivity index is 1.92. The van der Waals surface area contributed by atoms with Gasteiger partial charge in [0.05, 0.1) is 17.2 Å². The highest BCUT2D eigenvalue weighted by molar-refractivity contribution is 8.00. The molecule has 0 bridgehead atoms. The van der Waals surface area contributed by atoms with Crippen molar-refractivity contribution in [1.82, 2.24) is 15.3 Å². The highest BCUT2D eigenvalue weighted by Crippen LogP contribution is 2.33. The van der Waals surface area contributed by atoms with Gasteiger partial charge in [0.25, 0.3) is 5.91 Å². The third kappa shape index (κ3) is 6.75. The molecule has 1 aromatic heterocycles. The van der Waals surface area contributed by atoms with Crippen molar-refractivity contribution in [2.45, 2.75) is 26.0 Å². The number of nitrogens with one attached hydrogen (secondary N) is 3. The Morgan fingerprint density at radius 3 is 2.57 bits per heavy atom. The lowest BCUT2D eigenvalue weighted by atomic mass is 10.1. The molecule has 1 amide bonds. The van der Waals surface area contributed by atoms with Crippen molar-refractivity contribution in [2.75, 3.05) is 29.6 Å². The normalized spacial score (nSPS) is 13.8. The third-order valence-electron chi connectivity index (χ3n) is 4.86. The molecule has 12 heteroatoms. The smallest absolute Gasteiger partial charge is 0.261 e. The number of nitrogens with zero attached hydrogens (tertiary/aromatic N) is 2. The SMILES string of the molecule is C=S(C)(=O)Nc1cc(C)c2c(Nc3ccc(F)cc3OC(C)C(=O)NC(CF)CF)ncnc2c1. The number of carbonyl (C=O) groups excluding carboxylic acids is 1. The van der Waals surface area contributed by atoms with Crippen LogP contribution in [-0.2, 0) is 14.5 Å². The maximum Gasteiger partial charge on any atom is 0.261 e. The zero-order valence-corrected chi connectivity index (χ0v) is 20.2. The molecule has 0 aliphatic rings. The van der Waals surface area contributed by atoms with E-state index in [2.05, 4.69) is 31.2 Å². The van der Waals surface area contributed by atoms with E-state index in [0.717, 1.165) is 11.6 Å². The summed E-state index contributed by atoms with van der Waals surface area (Å²) in [5, 5.41) is 5.92. The van der Waals surface area contributed by atoms with Crippen molar-refractivity contribution in [3.63, 3.8) is 0 Å². The second-order valence-corrected chi connectivity index (χ2v) is 10.3. The van der Waals surface area contributed by atoms with Crippen LogP contribution in [0, 0.1) is 12.7 Å². The Kier molecular flexibility index (Phi) is 8.05. The number of hydrogen-bond acceptors (Lipinski definition) is 6. The van der Waals surface area contributed by atoms with Crippen LogP contribution in [0.5, 0.6) is 5.75 Å². The number of fused-ring (bicyclic) bond motifs is 1. The maximum atomic E-state index is 14.0. The quantitative estimate of drug-likeness (QED) is 0.360. The van der Waals surface area contributed by atoms with E-state index in [-0.39, 0.29) is 5.75 Å². The molecule has 3 rings (SSSR count). The Morgan fingerprint density at radius 1 is 1.20 bits per heavy atom. The Labute approximate surface area is 201 Å². The minimum absolute atomic E-state index is 0.00446. The first-order valence-corrected chi connectivity index (χ1v) is 12.6. The van der Waals surface area contributed by atoms with E-state index in [9.17, 15) is 22.2 Å². The van der Waals surface area contributed by atoms with E-state index in [1.165, 1.54) is 31.6 Å². The number of ether oxygens (including phenoxy) is 1. The largest absolute Gasteiger partial charge is 0.479 e. The second-order valence-electron chi connectivity index (χ2n) is 8.06. The summed E-state index contributed by atoms with van der Waals surface area (Å²) in [6, 6.07) is 5.88. The van der Waals surface area contributed by atoms with Crippen LogP contribution in [0.15, 0.2) is 36.7 Å². The number of alkyl halides is 2. The van der Waals surface area contributed by atoms with Gasteiger partial charge in [-0.05, 0) is 49.5 Å². The molecule has 0 radical (unpaired) electrons. The van der Waals surface area contributed by atoms with Gasteiger partial charge in [0, 0.05) is 33.1 Å². The van der Waals surface area contributed by atoms with Crippen LogP contribution in [0.4, 0.5) is 30.4 Å². The molecule has 2 unspecified atom stereocenters. The lowest BCUT2D eigenvalue weighted by molar-refractivity contribution is -0.128. The fourth-order valence-corrected chi connectivity index (χ4v) is 3.92. The van der Waals surface area contributed by atoms with Crippen LogP contribution in [0.1, 0.15) is 12.5 Å². The molecule has 0 spiro atoms. The molecule has 188 valence electrons. The average molecular weight is 510 g/mol. The number of rotatable bonds is 10. The molecular weight excluding hydrogens is 483 g/mol. The van der Waals surface area contributed by atoms with Crippen LogP contribution in [-0.4, -0.2) is 57.7 Å². The number of amides is 1. The highest BCUT2D eigenvalue weighted by Gasteiger charge is 2.21. The first-order chi connectivity index (χ1) is 16.5. The number of carbonyl (C=O) groups is 1. The van der Waals surface area contributed by atoms with E-state index in [1.54, 1.807) is 12.1 Å². The van der Waals surface area contributed by atoms with Gasteiger partial charge < -0.3 is 20.1 Å². The van der Waals surface area contributed by atoms with Crippen LogP contribution >= 0.6 is 0 Å². The average Bonchev–Trinajstić information content (AvgIpc) is 2.77. The number of aryl methyl sites for hydroxylation is 1. The molecular formula is C23H26F3N5O3S. The van der Waals surface area contributed by atoms with Gasteiger partial charge >= 0.3 is 0 Å². The van der Waals surface area contributed by atoms with Crippen LogP contribution in [0.25, 0.3) is 10.9 Å². The minimum Gasteiger partial charge on any atom is -0.479 e. The molecule has 0 saturated carbocycles. The number of aromatic nitrogens is 2. The van der Waals surface area contributed by atoms with Gasteiger partial charge in [0.2, 0.25) is 0 Å². The second kappa shape index (κ2) is 10.8. The van der Waals surface area contributed by atoms with E-state index in [1.807, 2.05) is 6.92 Å². The molecule has 3 aromatic rings. The van der Waals surface area contributed by atoms with Gasteiger partial charge in [-0.15, -0.1) is 0 Å². The zero-order valence-electron chi connectivity index (χ0n) is 19.4. The molecule has 0 saturated heterocycles. The Hall–Kier alpha value is -3.54. The van der Waals surface area contributed by atoms with Gasteiger partial charge in [-0.25, -0.2) is 27.3 Å². The summed E-state index contributed by atoms with van der Waals surface area (Å²) in [6.45, 7) is 1.07. The van der Waals surface area contributed by atoms with Crippen molar-refractivity contribution in [3.05, 3.63) is 48.0 Å². The van der Waals surface area contributed by atoms with Crippen LogP contribution < -0.4 is 20.1 Å². The fourth-order valence-electron chi connectivity index (χ4n) is 3.30. The predicted molar refractivity (Wildman–Crippen MR) is 133 cm³/mol. The summed E-state index contributed by atoms with van der Waals surface area (Å²) in [6.07, 6.45) is 1.64. The molecule has 1 heterocycles. The monoisotopic (exact) mass is 509 g/mol. The molecule has 0 aliphatic carbocycles. The standard InChI is InChI=1S/C23H26F3N5O3S/c1-13-7-16(31-35(3,4)33)9-19-21(13)22(28-12-27-19)30-18-6-5-15(26)8-20(18)34-14(2)23(32)29-17(10-24)11-25/h5-9,12,14,17H,3,10-11H2,1-2,4H3,(H,29,32)(H,31,33)(H,27,28,30). The first kappa shape index (κ1) is 26.1. The van der Waals surface area contributed by atoms with Crippen LogP contribution in [0.3, 0.4) is 0 Å². The van der Waals surface area contributed by atoms with Gasteiger partial charge in [-0.3, -0.25) is 4.79 Å². The van der Waals surface area contributed by atoms with Crippen molar-refractivity contribution >= 4 is 49.6 Å². The molecule has 35 heavy (non-hydrogen) atoms. The molecule has 2 aromatic carbocycles. The fraction of sp³-hybridized carbons (Fsp3) is 0.304. The first-order valence-electron chi connectivity index (χ1n) is 10.5. The maximum absolute atomic E-state index is 14.0. The third-order valence-corrected chi connectivity index (χ3v) is 5.53. The minimum atomic E-state index is -2.50. The van der Waals surface area contributed by atoms with Crippen LogP contribution in [0.2, 0.25) is 0 Å². The van der Waals surface area contributed by atoms with Gasteiger partial charge in [-0.1, -0.05) is 0 Å². The summed E-state index contributed by atoms with van der Waals surface area (Å²) < 4.78 is 60.0. The Bertz CT molecular complexity index is 1330. The van der Waals surface area contributed by atoms with Crippen molar-refractivity contribution < 1.29 is 26.9 Å². The number of benzene rings is 2. The molecule has 8 nitrogen and oxygen atoms in total. The van der Waals surface area contributed by atoms with Gasteiger partial charge in [0.1, 0.15) is 37.1 Å². The van der Waals surface area contributed by atoms with E-state index in [0.29, 0.717) is 28.1 Å². The molecule has 3 N–H and O–H groups in total. The lowest BCUT2D eigenvalue weighted by Crippen LogP contribution is -2.44. The number of anilines is 3. The van der Waals surface area contributed by atoms with E-state index in [4.69, 9.17) is 4.74 Å². The summed E-state index contributed by atoms with van der Waals surface area (Å²) >= 11 is 0. The summed E-state index contributed by atoms with van der Waals surface area (Å²) in [5.41, 5.74) is 2.19. The van der Waals surface area contributed by atoms with Crippen molar-refractivity contribution in [2.24, 2.45) is 0 Å². The van der Waals surface area contributed by atoms with Crippen molar-refractivity contribution in [1.29, 1.82) is 0 Å². The zero-order chi connectivity index (χ0) is 25.8. The molecule has 2 atom stereocenters. The summed E-state index contributed by atoms with van der Waals surface area (Å²) in [4.78, 5) is 20.8.